The zero-order valence-electron chi connectivity index (χ0n) is 13.7. The van der Waals surface area contributed by atoms with E-state index in [1.54, 1.807) is 0 Å². The largest absolute Gasteiger partial charge is 0.460 e. The van der Waals surface area contributed by atoms with Crippen molar-refractivity contribution in [2.75, 3.05) is 13.1 Å². The minimum atomic E-state index is -0.394. The lowest BCUT2D eigenvalue weighted by Crippen LogP contribution is -2.52. The first kappa shape index (κ1) is 16.5. The number of esters is 1. The topological polar surface area (TPSA) is 29.5 Å². The fourth-order valence-electron chi connectivity index (χ4n) is 2.89. The summed E-state index contributed by atoms with van der Waals surface area (Å²) in [4.78, 5) is 15.0. The van der Waals surface area contributed by atoms with E-state index >= 15 is 0 Å². The van der Waals surface area contributed by atoms with Crippen molar-refractivity contribution in [2.24, 2.45) is 11.3 Å². The van der Waals surface area contributed by atoms with E-state index in [0.29, 0.717) is 12.0 Å². The molecule has 0 saturated carbocycles. The van der Waals surface area contributed by atoms with Gasteiger partial charge in [-0.1, -0.05) is 20.8 Å². The van der Waals surface area contributed by atoms with Crippen molar-refractivity contribution >= 4 is 5.97 Å². The molecule has 0 aromatic rings. The Balaban J connectivity index is 2.81. The molecule has 0 aliphatic carbocycles. The maximum absolute atomic E-state index is 12.5. The predicted octanol–water partition coefficient (Wildman–Crippen LogP) is 3.47. The molecule has 0 N–H and O–H groups in total. The van der Waals surface area contributed by atoms with Gasteiger partial charge < -0.3 is 9.64 Å². The summed E-state index contributed by atoms with van der Waals surface area (Å²) in [6.45, 7) is 16.6. The van der Waals surface area contributed by atoms with Crippen LogP contribution in [0.4, 0.5) is 0 Å². The molecule has 19 heavy (non-hydrogen) atoms. The molecule has 0 unspecified atom stereocenters. The molecular weight excluding hydrogens is 238 g/mol. The van der Waals surface area contributed by atoms with Gasteiger partial charge >= 0.3 is 5.97 Å². The van der Waals surface area contributed by atoms with E-state index in [1.165, 1.54) is 0 Å². The number of nitrogens with zero attached hydrogens (tertiary/aromatic N) is 1. The first-order chi connectivity index (χ1) is 8.59. The summed E-state index contributed by atoms with van der Waals surface area (Å²) in [7, 11) is 0. The molecule has 1 rings (SSSR count). The zero-order valence-corrected chi connectivity index (χ0v) is 13.7. The van der Waals surface area contributed by atoms with Gasteiger partial charge in [-0.3, -0.25) is 4.79 Å². The van der Waals surface area contributed by atoms with E-state index in [0.717, 1.165) is 25.9 Å². The lowest BCUT2D eigenvalue weighted by molar-refractivity contribution is -0.171. The first-order valence-electron chi connectivity index (χ1n) is 7.56. The third-order valence-electron chi connectivity index (χ3n) is 4.15. The highest BCUT2D eigenvalue weighted by atomic mass is 16.6. The first-order valence-corrected chi connectivity index (χ1v) is 7.56. The fraction of sp³-hybridized carbons (Fsp3) is 0.938. The Morgan fingerprint density at radius 1 is 1.42 bits per heavy atom. The van der Waals surface area contributed by atoms with Crippen molar-refractivity contribution in [3.8, 4) is 0 Å². The Hall–Kier alpha value is -0.570. The zero-order chi connectivity index (χ0) is 14.8. The molecule has 1 heterocycles. The lowest BCUT2D eigenvalue weighted by atomic mass is 9.74. The Labute approximate surface area is 118 Å². The molecule has 112 valence electrons. The van der Waals surface area contributed by atoms with Crippen LogP contribution in [0.5, 0.6) is 0 Å². The molecule has 1 saturated heterocycles. The summed E-state index contributed by atoms with van der Waals surface area (Å²) in [5, 5.41) is 0. The summed E-state index contributed by atoms with van der Waals surface area (Å²) >= 11 is 0. The molecule has 1 aliphatic heterocycles. The number of carbonyl (C=O) groups is 1. The second-order valence-corrected chi connectivity index (χ2v) is 7.46. The quantitative estimate of drug-likeness (QED) is 0.735. The van der Waals surface area contributed by atoms with Crippen LogP contribution >= 0.6 is 0 Å². The number of rotatable bonds is 3. The SMILES string of the molecule is CCN1CC[C@](C)(C(=O)OC(C)(C)C)C[C@@H]1C(C)C. The van der Waals surface area contributed by atoms with Gasteiger partial charge in [-0.05, 0) is 59.5 Å². The highest BCUT2D eigenvalue weighted by Crippen LogP contribution is 2.38. The maximum Gasteiger partial charge on any atom is 0.312 e. The average molecular weight is 269 g/mol. The maximum atomic E-state index is 12.5. The molecule has 0 amide bonds. The Morgan fingerprint density at radius 2 is 2.00 bits per heavy atom. The van der Waals surface area contributed by atoms with Gasteiger partial charge in [0.2, 0.25) is 0 Å². The summed E-state index contributed by atoms with van der Waals surface area (Å²) < 4.78 is 5.62. The molecule has 0 aromatic carbocycles. The minimum absolute atomic E-state index is 0.0265. The Morgan fingerprint density at radius 3 is 2.42 bits per heavy atom. The highest BCUT2D eigenvalue weighted by molar-refractivity contribution is 5.77. The van der Waals surface area contributed by atoms with Crippen LogP contribution in [-0.4, -0.2) is 35.6 Å². The predicted molar refractivity (Wildman–Crippen MR) is 79.1 cm³/mol. The van der Waals surface area contributed by atoms with Crippen LogP contribution in [0.15, 0.2) is 0 Å². The van der Waals surface area contributed by atoms with Gasteiger partial charge in [0.25, 0.3) is 0 Å². The normalized spacial score (nSPS) is 29.6. The van der Waals surface area contributed by atoms with Crippen LogP contribution in [0, 0.1) is 11.3 Å². The van der Waals surface area contributed by atoms with Crippen LogP contribution in [-0.2, 0) is 9.53 Å². The molecule has 0 bridgehead atoms. The fourth-order valence-corrected chi connectivity index (χ4v) is 2.89. The molecule has 3 heteroatoms. The van der Waals surface area contributed by atoms with Crippen LogP contribution in [0.2, 0.25) is 0 Å². The van der Waals surface area contributed by atoms with Crippen molar-refractivity contribution in [3.05, 3.63) is 0 Å². The van der Waals surface area contributed by atoms with Crippen LogP contribution in [0.25, 0.3) is 0 Å². The van der Waals surface area contributed by atoms with E-state index in [-0.39, 0.29) is 11.4 Å². The Kier molecular flexibility index (Phi) is 5.05. The molecule has 0 spiro atoms. The summed E-state index contributed by atoms with van der Waals surface area (Å²) in [6, 6.07) is 0.483. The molecule has 3 nitrogen and oxygen atoms in total. The van der Waals surface area contributed by atoms with Crippen molar-refractivity contribution in [1.29, 1.82) is 0 Å². The lowest BCUT2D eigenvalue weighted by Gasteiger charge is -2.45. The number of carbonyl (C=O) groups excluding carboxylic acids is 1. The third-order valence-corrected chi connectivity index (χ3v) is 4.15. The molecular formula is C16H31NO2. The average Bonchev–Trinajstić information content (AvgIpc) is 2.26. The number of hydrogen-bond donors (Lipinski definition) is 0. The van der Waals surface area contributed by atoms with Gasteiger partial charge in [-0.2, -0.15) is 0 Å². The van der Waals surface area contributed by atoms with Gasteiger partial charge in [0.15, 0.2) is 0 Å². The Bertz CT molecular complexity index is 319. The van der Waals surface area contributed by atoms with Gasteiger partial charge in [0.05, 0.1) is 5.41 Å². The van der Waals surface area contributed by atoms with E-state index < -0.39 is 5.60 Å². The van der Waals surface area contributed by atoms with E-state index in [1.807, 2.05) is 20.8 Å². The van der Waals surface area contributed by atoms with Crippen LogP contribution < -0.4 is 0 Å². The second-order valence-electron chi connectivity index (χ2n) is 7.46. The third kappa shape index (κ3) is 4.20. The van der Waals surface area contributed by atoms with Crippen molar-refractivity contribution < 1.29 is 9.53 Å². The van der Waals surface area contributed by atoms with Gasteiger partial charge in [0, 0.05) is 6.04 Å². The monoisotopic (exact) mass is 269 g/mol. The minimum Gasteiger partial charge on any atom is -0.460 e. The van der Waals surface area contributed by atoms with E-state index in [2.05, 4.69) is 32.6 Å². The summed E-state index contributed by atoms with van der Waals surface area (Å²) in [6.07, 6.45) is 1.81. The molecule has 1 fully saturated rings. The standard InChI is InChI=1S/C16H31NO2/c1-8-17-10-9-16(7,11-13(17)12(2)3)14(18)19-15(4,5)6/h12-13H,8-11H2,1-7H3/t13-,16+/m1/s1. The summed E-state index contributed by atoms with van der Waals surface area (Å²) in [5.41, 5.74) is -0.719. The van der Waals surface area contributed by atoms with Crippen LogP contribution in [0.1, 0.15) is 61.3 Å². The van der Waals surface area contributed by atoms with Crippen molar-refractivity contribution in [1.82, 2.24) is 4.90 Å². The summed E-state index contributed by atoms with van der Waals surface area (Å²) in [5.74, 6) is 0.545. The van der Waals surface area contributed by atoms with Crippen molar-refractivity contribution in [2.45, 2.75) is 73.0 Å². The number of hydrogen-bond acceptors (Lipinski definition) is 3. The van der Waals surface area contributed by atoms with Gasteiger partial charge in [0.1, 0.15) is 5.60 Å². The van der Waals surface area contributed by atoms with E-state index in [4.69, 9.17) is 4.74 Å². The van der Waals surface area contributed by atoms with Crippen LogP contribution in [0.3, 0.4) is 0 Å². The molecule has 0 radical (unpaired) electrons. The number of ether oxygens (including phenoxy) is 1. The van der Waals surface area contributed by atoms with Crippen molar-refractivity contribution in [3.63, 3.8) is 0 Å². The number of piperidine rings is 1. The number of likely N-dealkylation sites (tertiary alicyclic amines) is 1. The molecule has 0 aromatic heterocycles. The van der Waals surface area contributed by atoms with Gasteiger partial charge in [-0.15, -0.1) is 0 Å². The highest BCUT2D eigenvalue weighted by Gasteiger charge is 2.44. The van der Waals surface area contributed by atoms with E-state index in [9.17, 15) is 4.79 Å². The smallest absolute Gasteiger partial charge is 0.312 e. The van der Waals surface area contributed by atoms with Gasteiger partial charge in [-0.25, -0.2) is 0 Å². The molecule has 1 aliphatic rings. The molecule has 2 atom stereocenters. The second kappa shape index (κ2) is 5.82.